The van der Waals surface area contributed by atoms with Crippen molar-refractivity contribution < 1.29 is 4.79 Å². The minimum absolute atomic E-state index is 0.0146. The predicted octanol–water partition coefficient (Wildman–Crippen LogP) is 3.72. The van der Waals surface area contributed by atoms with Gasteiger partial charge >= 0.3 is 0 Å². The van der Waals surface area contributed by atoms with Gasteiger partial charge in [0, 0.05) is 13.0 Å². The monoisotopic (exact) mass is 297 g/mol. The molecule has 4 heteroatoms. The maximum absolute atomic E-state index is 11.9. The summed E-state index contributed by atoms with van der Waals surface area (Å²) in [4.78, 5) is 16.2. The maximum atomic E-state index is 11.9. The highest BCUT2D eigenvalue weighted by molar-refractivity contribution is 5.89. The molecule has 2 rings (SSSR count). The number of carbonyl (C=O) groups is 1. The fourth-order valence-corrected chi connectivity index (χ4v) is 2.00. The van der Waals surface area contributed by atoms with Crippen molar-refractivity contribution in [2.45, 2.75) is 26.7 Å². The van der Waals surface area contributed by atoms with Gasteiger partial charge in [-0.25, -0.2) is 4.98 Å². The first-order valence-corrected chi connectivity index (χ1v) is 7.67. The second kappa shape index (κ2) is 8.17. The van der Waals surface area contributed by atoms with Gasteiger partial charge in [-0.05, 0) is 30.0 Å². The van der Waals surface area contributed by atoms with Crippen molar-refractivity contribution in [3.05, 3.63) is 54.2 Å². The summed E-state index contributed by atoms with van der Waals surface area (Å²) in [6, 6.07) is 13.8. The summed E-state index contributed by atoms with van der Waals surface area (Å²) in [6.45, 7) is 5.22. The fourth-order valence-electron chi connectivity index (χ4n) is 2.00. The summed E-state index contributed by atoms with van der Waals surface area (Å²) in [7, 11) is 0. The predicted molar refractivity (Wildman–Crippen MR) is 91.0 cm³/mol. The number of hydrogen-bond acceptors (Lipinski definition) is 3. The molecule has 116 valence electrons. The van der Waals surface area contributed by atoms with Crippen LogP contribution in [0.5, 0.6) is 0 Å². The molecule has 1 heterocycles. The molecule has 0 unspecified atom stereocenters. The van der Waals surface area contributed by atoms with Gasteiger partial charge in [0.05, 0.1) is 11.9 Å². The van der Waals surface area contributed by atoms with Crippen molar-refractivity contribution in [2.24, 2.45) is 5.92 Å². The number of aryl methyl sites for hydroxylation is 1. The molecule has 2 N–H and O–H groups in total. The zero-order valence-corrected chi connectivity index (χ0v) is 13.2. The van der Waals surface area contributed by atoms with E-state index in [4.69, 9.17) is 0 Å². The van der Waals surface area contributed by atoms with Gasteiger partial charge in [0.1, 0.15) is 5.82 Å². The molecule has 1 amide bonds. The molecule has 0 bridgehead atoms. The number of nitrogens with zero attached hydrogens (tertiary/aromatic N) is 1. The van der Waals surface area contributed by atoms with E-state index in [1.165, 1.54) is 5.56 Å². The number of nitrogens with one attached hydrogen (secondary N) is 2. The molecule has 0 aliphatic rings. The van der Waals surface area contributed by atoms with Gasteiger partial charge in [-0.2, -0.15) is 0 Å². The van der Waals surface area contributed by atoms with Crippen LogP contribution in [0.25, 0.3) is 0 Å². The second-order valence-corrected chi connectivity index (χ2v) is 5.74. The first-order valence-electron chi connectivity index (χ1n) is 7.67. The number of anilines is 2. The standard InChI is InChI=1S/C18H23N3O/c1-14(2)12-19-16-9-10-17(20-13-16)21-18(22)11-8-15-6-4-3-5-7-15/h3-7,9-10,13-14,19H,8,11-12H2,1-2H3,(H,20,21,22). The third-order valence-corrected chi connectivity index (χ3v) is 3.23. The maximum Gasteiger partial charge on any atom is 0.225 e. The summed E-state index contributed by atoms with van der Waals surface area (Å²) < 4.78 is 0. The van der Waals surface area contributed by atoms with Crippen LogP contribution in [0.15, 0.2) is 48.7 Å². The summed E-state index contributed by atoms with van der Waals surface area (Å²) in [5.41, 5.74) is 2.13. The van der Waals surface area contributed by atoms with E-state index >= 15 is 0 Å². The molecule has 0 atom stereocenters. The molecule has 1 aromatic heterocycles. The average Bonchev–Trinajstić information content (AvgIpc) is 2.53. The summed E-state index contributed by atoms with van der Waals surface area (Å²) in [6.07, 6.45) is 2.94. The van der Waals surface area contributed by atoms with E-state index in [1.54, 1.807) is 6.20 Å². The number of benzene rings is 1. The third-order valence-electron chi connectivity index (χ3n) is 3.23. The molecule has 0 spiro atoms. The van der Waals surface area contributed by atoms with Crippen LogP contribution >= 0.6 is 0 Å². The van der Waals surface area contributed by atoms with E-state index in [0.717, 1.165) is 18.7 Å². The van der Waals surface area contributed by atoms with Gasteiger partial charge in [-0.1, -0.05) is 44.2 Å². The Labute approximate surface area is 132 Å². The molecule has 4 nitrogen and oxygen atoms in total. The van der Waals surface area contributed by atoms with Gasteiger partial charge in [0.2, 0.25) is 5.91 Å². The molecule has 0 radical (unpaired) electrons. The van der Waals surface area contributed by atoms with Crippen LogP contribution in [0.4, 0.5) is 11.5 Å². The number of hydrogen-bond donors (Lipinski definition) is 2. The Hall–Kier alpha value is -2.36. The molecule has 0 aliphatic carbocycles. The Morgan fingerprint density at radius 2 is 1.91 bits per heavy atom. The van der Waals surface area contributed by atoms with E-state index in [9.17, 15) is 4.79 Å². The van der Waals surface area contributed by atoms with Crippen LogP contribution in [0.3, 0.4) is 0 Å². The Bertz CT molecular complexity index is 579. The molecule has 2 aromatic rings. The first kappa shape index (κ1) is 16.0. The van der Waals surface area contributed by atoms with E-state index in [0.29, 0.717) is 18.2 Å². The number of amides is 1. The third kappa shape index (κ3) is 5.56. The lowest BCUT2D eigenvalue weighted by Crippen LogP contribution is -2.13. The Kier molecular flexibility index (Phi) is 5.95. The first-order chi connectivity index (χ1) is 10.6. The van der Waals surface area contributed by atoms with Crippen molar-refractivity contribution in [3.8, 4) is 0 Å². The minimum Gasteiger partial charge on any atom is -0.384 e. The van der Waals surface area contributed by atoms with Crippen LogP contribution in [-0.2, 0) is 11.2 Å². The Morgan fingerprint density at radius 3 is 2.55 bits per heavy atom. The molecule has 0 saturated carbocycles. The summed E-state index contributed by atoms with van der Waals surface area (Å²) in [5.74, 6) is 1.16. The zero-order chi connectivity index (χ0) is 15.8. The average molecular weight is 297 g/mol. The summed E-state index contributed by atoms with van der Waals surface area (Å²) >= 11 is 0. The highest BCUT2D eigenvalue weighted by Crippen LogP contribution is 2.11. The number of aromatic nitrogens is 1. The molecule has 0 saturated heterocycles. The van der Waals surface area contributed by atoms with E-state index in [1.807, 2.05) is 42.5 Å². The molecule has 1 aromatic carbocycles. The molecular weight excluding hydrogens is 274 g/mol. The lowest BCUT2D eigenvalue weighted by Gasteiger charge is -2.09. The topological polar surface area (TPSA) is 54.0 Å². The van der Waals surface area contributed by atoms with E-state index in [-0.39, 0.29) is 5.91 Å². The quantitative estimate of drug-likeness (QED) is 0.819. The number of rotatable bonds is 7. The minimum atomic E-state index is -0.0146. The lowest BCUT2D eigenvalue weighted by atomic mass is 10.1. The van der Waals surface area contributed by atoms with Crippen molar-refractivity contribution in [2.75, 3.05) is 17.2 Å². The zero-order valence-electron chi connectivity index (χ0n) is 13.2. The Morgan fingerprint density at radius 1 is 1.14 bits per heavy atom. The van der Waals surface area contributed by atoms with Crippen LogP contribution < -0.4 is 10.6 Å². The molecule has 0 fully saturated rings. The lowest BCUT2D eigenvalue weighted by molar-refractivity contribution is -0.116. The second-order valence-electron chi connectivity index (χ2n) is 5.74. The van der Waals surface area contributed by atoms with Crippen molar-refractivity contribution in [1.82, 2.24) is 4.98 Å². The van der Waals surface area contributed by atoms with Crippen LogP contribution in [0.1, 0.15) is 25.8 Å². The van der Waals surface area contributed by atoms with Gasteiger partial charge < -0.3 is 10.6 Å². The smallest absolute Gasteiger partial charge is 0.225 e. The summed E-state index contributed by atoms with van der Waals surface area (Å²) in [5, 5.41) is 6.12. The van der Waals surface area contributed by atoms with Crippen LogP contribution in [-0.4, -0.2) is 17.4 Å². The molecule has 22 heavy (non-hydrogen) atoms. The van der Waals surface area contributed by atoms with E-state index in [2.05, 4.69) is 29.5 Å². The number of carbonyl (C=O) groups excluding carboxylic acids is 1. The highest BCUT2D eigenvalue weighted by Gasteiger charge is 2.04. The van der Waals surface area contributed by atoms with E-state index < -0.39 is 0 Å². The van der Waals surface area contributed by atoms with Gasteiger partial charge in [-0.15, -0.1) is 0 Å². The van der Waals surface area contributed by atoms with Crippen molar-refractivity contribution in [3.63, 3.8) is 0 Å². The molecule has 0 aliphatic heterocycles. The largest absolute Gasteiger partial charge is 0.384 e. The van der Waals surface area contributed by atoms with Crippen LogP contribution in [0.2, 0.25) is 0 Å². The van der Waals surface area contributed by atoms with Gasteiger partial charge in [-0.3, -0.25) is 4.79 Å². The molecular formula is C18H23N3O. The fraction of sp³-hybridized carbons (Fsp3) is 0.333. The SMILES string of the molecule is CC(C)CNc1ccc(NC(=O)CCc2ccccc2)nc1. The van der Waals surface area contributed by atoms with Crippen molar-refractivity contribution in [1.29, 1.82) is 0 Å². The Balaban J connectivity index is 1.79. The number of pyridine rings is 1. The highest BCUT2D eigenvalue weighted by atomic mass is 16.1. The van der Waals surface area contributed by atoms with Crippen molar-refractivity contribution >= 4 is 17.4 Å². The van der Waals surface area contributed by atoms with Crippen LogP contribution in [0, 0.1) is 5.92 Å². The van der Waals surface area contributed by atoms with Gasteiger partial charge in [0.15, 0.2) is 0 Å². The van der Waals surface area contributed by atoms with Gasteiger partial charge in [0.25, 0.3) is 0 Å². The normalized spacial score (nSPS) is 10.5.